The Morgan fingerprint density at radius 1 is 1.57 bits per heavy atom. The van der Waals surface area contributed by atoms with E-state index in [1.54, 1.807) is 11.3 Å². The highest BCUT2D eigenvalue weighted by molar-refractivity contribution is 6.33. The fourth-order valence-electron chi connectivity index (χ4n) is 1.18. The summed E-state index contributed by atoms with van der Waals surface area (Å²) in [7, 11) is 0. The van der Waals surface area contributed by atoms with Gasteiger partial charge in [0, 0.05) is 6.20 Å². The molecule has 6 heteroatoms. The van der Waals surface area contributed by atoms with E-state index in [0.29, 0.717) is 11.5 Å². The Hall–Kier alpha value is -1.62. The Morgan fingerprint density at radius 3 is 2.93 bits per heavy atom. The summed E-state index contributed by atoms with van der Waals surface area (Å²) in [6.07, 6.45) is 1.44. The molecule has 0 fully saturated rings. The van der Waals surface area contributed by atoms with Crippen LogP contribution in [0.5, 0.6) is 0 Å². The van der Waals surface area contributed by atoms with E-state index in [1.165, 1.54) is 12.3 Å². The molecule has 0 spiro atoms. The van der Waals surface area contributed by atoms with Gasteiger partial charge in [-0.05, 0) is 13.0 Å². The largest absolute Gasteiger partial charge is 0.478 e. The van der Waals surface area contributed by atoms with Crippen LogP contribution < -0.4 is 0 Å². The number of nitrogens with zero attached hydrogens (tertiary/aromatic N) is 3. The highest BCUT2D eigenvalue weighted by Gasteiger charge is 2.10. The number of pyridine rings is 1. The minimum absolute atomic E-state index is 0.116. The second-order valence-electron chi connectivity index (χ2n) is 2.82. The number of aryl methyl sites for hydroxylation is 1. The highest BCUT2D eigenvalue weighted by Crippen LogP contribution is 2.18. The van der Waals surface area contributed by atoms with Gasteiger partial charge in [0.25, 0.3) is 0 Å². The van der Waals surface area contributed by atoms with Crippen molar-refractivity contribution in [2.24, 2.45) is 0 Å². The van der Waals surface area contributed by atoms with Crippen LogP contribution in [0, 0.1) is 6.92 Å². The number of carboxylic acids is 1. The Kier molecular flexibility index (Phi) is 1.89. The molecule has 1 N–H and O–H groups in total. The summed E-state index contributed by atoms with van der Waals surface area (Å²) < 4.78 is 1.55. The lowest BCUT2D eigenvalue weighted by Crippen LogP contribution is -2.00. The monoisotopic (exact) mass is 211 g/mol. The van der Waals surface area contributed by atoms with Crippen LogP contribution in [0.1, 0.15) is 16.2 Å². The van der Waals surface area contributed by atoms with Crippen molar-refractivity contribution in [2.45, 2.75) is 6.92 Å². The molecule has 0 bridgehead atoms. The van der Waals surface area contributed by atoms with E-state index in [9.17, 15) is 4.79 Å². The third-order valence-corrected chi connectivity index (χ3v) is 2.16. The average Bonchev–Trinajstić information content (AvgIpc) is 2.48. The molecule has 2 aromatic rings. The average molecular weight is 212 g/mol. The summed E-state index contributed by atoms with van der Waals surface area (Å²) in [5.41, 5.74) is 0.583. The summed E-state index contributed by atoms with van der Waals surface area (Å²) in [5.74, 6) is -0.424. The summed E-state index contributed by atoms with van der Waals surface area (Å²) in [6, 6.07) is 1.35. The predicted molar refractivity (Wildman–Crippen MR) is 49.7 cm³/mol. The first-order valence-electron chi connectivity index (χ1n) is 3.84. The van der Waals surface area contributed by atoms with Crippen LogP contribution in [-0.4, -0.2) is 25.7 Å². The molecule has 0 aliphatic carbocycles. The SMILES string of the molecule is Cc1nnc2c(Cl)cc(C(=O)O)cn12. The van der Waals surface area contributed by atoms with Crippen molar-refractivity contribution >= 4 is 23.2 Å². The van der Waals surface area contributed by atoms with E-state index in [0.717, 1.165) is 0 Å². The molecule has 2 aromatic heterocycles. The maximum Gasteiger partial charge on any atom is 0.337 e. The summed E-state index contributed by atoms with van der Waals surface area (Å²) >= 11 is 5.83. The van der Waals surface area contributed by atoms with Gasteiger partial charge in [0.05, 0.1) is 10.6 Å². The fourth-order valence-corrected chi connectivity index (χ4v) is 1.43. The van der Waals surface area contributed by atoms with Gasteiger partial charge < -0.3 is 5.11 Å². The van der Waals surface area contributed by atoms with Crippen LogP contribution in [0.3, 0.4) is 0 Å². The molecule has 2 heterocycles. The maximum atomic E-state index is 10.7. The Balaban J connectivity index is 2.82. The lowest BCUT2D eigenvalue weighted by molar-refractivity contribution is 0.0696. The van der Waals surface area contributed by atoms with E-state index in [-0.39, 0.29) is 10.6 Å². The van der Waals surface area contributed by atoms with Gasteiger partial charge in [-0.25, -0.2) is 4.79 Å². The van der Waals surface area contributed by atoms with E-state index in [4.69, 9.17) is 16.7 Å². The lowest BCUT2D eigenvalue weighted by atomic mass is 10.3. The first-order chi connectivity index (χ1) is 6.59. The van der Waals surface area contributed by atoms with Gasteiger partial charge in [0.15, 0.2) is 5.65 Å². The molecular formula is C8H6ClN3O2. The van der Waals surface area contributed by atoms with Gasteiger partial charge in [-0.15, -0.1) is 10.2 Å². The molecule has 0 unspecified atom stereocenters. The summed E-state index contributed by atoms with van der Waals surface area (Å²) in [4.78, 5) is 10.7. The van der Waals surface area contributed by atoms with Gasteiger partial charge in [0.1, 0.15) is 5.82 Å². The van der Waals surface area contributed by atoms with Crippen molar-refractivity contribution in [1.29, 1.82) is 0 Å². The molecule has 0 saturated heterocycles. The van der Waals surface area contributed by atoms with E-state index in [2.05, 4.69) is 10.2 Å². The molecule has 0 aliphatic rings. The first-order valence-corrected chi connectivity index (χ1v) is 4.21. The molecule has 0 radical (unpaired) electrons. The maximum absolute atomic E-state index is 10.7. The molecule has 0 amide bonds. The lowest BCUT2D eigenvalue weighted by Gasteiger charge is -1.99. The van der Waals surface area contributed by atoms with Crippen molar-refractivity contribution in [3.05, 3.63) is 28.7 Å². The Bertz CT molecular complexity index is 521. The standard InChI is InChI=1S/C8H6ClN3O2/c1-4-10-11-7-6(9)2-5(8(13)14)3-12(4)7/h2-3H,1H3,(H,13,14). The topological polar surface area (TPSA) is 67.5 Å². The quantitative estimate of drug-likeness (QED) is 0.774. The molecule has 5 nitrogen and oxygen atoms in total. The second-order valence-corrected chi connectivity index (χ2v) is 3.23. The van der Waals surface area contributed by atoms with Gasteiger partial charge in [0.2, 0.25) is 0 Å². The number of halogens is 1. The van der Waals surface area contributed by atoms with Gasteiger partial charge in [-0.1, -0.05) is 11.6 Å². The Morgan fingerprint density at radius 2 is 2.29 bits per heavy atom. The zero-order valence-electron chi connectivity index (χ0n) is 7.23. The first kappa shape index (κ1) is 8.96. The van der Waals surface area contributed by atoms with Crippen molar-refractivity contribution in [2.75, 3.05) is 0 Å². The third-order valence-electron chi connectivity index (χ3n) is 1.88. The summed E-state index contributed by atoms with van der Waals surface area (Å²) in [6.45, 7) is 1.72. The van der Waals surface area contributed by atoms with Crippen LogP contribution in [-0.2, 0) is 0 Å². The summed E-state index contributed by atoms with van der Waals surface area (Å²) in [5, 5.41) is 16.7. The second kappa shape index (κ2) is 2.95. The minimum atomic E-state index is -1.03. The number of hydrogen-bond donors (Lipinski definition) is 1. The van der Waals surface area contributed by atoms with Crippen LogP contribution >= 0.6 is 11.6 Å². The predicted octanol–water partition coefficient (Wildman–Crippen LogP) is 1.39. The van der Waals surface area contributed by atoms with Crippen LogP contribution in [0.4, 0.5) is 0 Å². The van der Waals surface area contributed by atoms with Crippen molar-refractivity contribution < 1.29 is 9.90 Å². The van der Waals surface area contributed by atoms with Crippen LogP contribution in [0.2, 0.25) is 5.02 Å². The minimum Gasteiger partial charge on any atom is -0.478 e. The number of aromatic nitrogens is 3. The van der Waals surface area contributed by atoms with Crippen molar-refractivity contribution in [3.8, 4) is 0 Å². The number of carbonyl (C=O) groups is 1. The zero-order chi connectivity index (χ0) is 10.3. The smallest absolute Gasteiger partial charge is 0.337 e. The van der Waals surface area contributed by atoms with Gasteiger partial charge >= 0.3 is 5.97 Å². The molecule has 0 aliphatic heterocycles. The fraction of sp³-hybridized carbons (Fsp3) is 0.125. The van der Waals surface area contributed by atoms with E-state index in [1.807, 2.05) is 0 Å². The van der Waals surface area contributed by atoms with Crippen LogP contribution in [0.25, 0.3) is 5.65 Å². The molecule has 0 saturated carbocycles. The molecule has 14 heavy (non-hydrogen) atoms. The molecule has 2 rings (SSSR count). The molecular weight excluding hydrogens is 206 g/mol. The number of fused-ring (bicyclic) bond motifs is 1. The number of rotatable bonds is 1. The third kappa shape index (κ3) is 1.22. The number of carboxylic acid groups (broad SMARTS) is 1. The van der Waals surface area contributed by atoms with Crippen molar-refractivity contribution in [1.82, 2.24) is 14.6 Å². The molecule has 72 valence electrons. The van der Waals surface area contributed by atoms with E-state index < -0.39 is 5.97 Å². The number of aromatic carboxylic acids is 1. The molecule has 0 aromatic carbocycles. The highest BCUT2D eigenvalue weighted by atomic mass is 35.5. The molecule has 0 atom stereocenters. The van der Waals surface area contributed by atoms with E-state index >= 15 is 0 Å². The number of hydrogen-bond acceptors (Lipinski definition) is 3. The van der Waals surface area contributed by atoms with Crippen LogP contribution in [0.15, 0.2) is 12.3 Å². The van der Waals surface area contributed by atoms with Gasteiger partial charge in [-0.3, -0.25) is 4.40 Å². The van der Waals surface area contributed by atoms with Crippen molar-refractivity contribution in [3.63, 3.8) is 0 Å². The zero-order valence-corrected chi connectivity index (χ0v) is 7.99. The normalized spacial score (nSPS) is 10.7. The van der Waals surface area contributed by atoms with Gasteiger partial charge in [-0.2, -0.15) is 0 Å². The Labute approximate surface area is 83.9 Å².